The number of benzene rings is 1. The van der Waals surface area contributed by atoms with Crippen LogP contribution in [0.2, 0.25) is 0 Å². The van der Waals surface area contributed by atoms with E-state index >= 15 is 0 Å². The number of hydrogen-bond donors (Lipinski definition) is 2. The van der Waals surface area contributed by atoms with Crippen molar-refractivity contribution in [2.75, 3.05) is 6.61 Å². The Hall–Kier alpha value is -2.44. The predicted molar refractivity (Wildman–Crippen MR) is 72.9 cm³/mol. The number of halogens is 1. The quantitative estimate of drug-likeness (QED) is 0.798. The Balaban J connectivity index is 2.31. The Morgan fingerprint density at radius 3 is 2.38 bits per heavy atom. The van der Waals surface area contributed by atoms with Crippen molar-refractivity contribution in [1.29, 1.82) is 0 Å². The van der Waals surface area contributed by atoms with E-state index in [4.69, 9.17) is 4.74 Å². The van der Waals surface area contributed by atoms with Crippen molar-refractivity contribution < 1.29 is 23.5 Å². The third-order valence-electron chi connectivity index (χ3n) is 2.30. The second-order valence-corrected chi connectivity index (χ2v) is 4.64. The van der Waals surface area contributed by atoms with E-state index in [9.17, 15) is 18.8 Å². The summed E-state index contributed by atoms with van der Waals surface area (Å²) in [5, 5.41) is 4.48. The minimum Gasteiger partial charge on any atom is -0.455 e. The Morgan fingerprint density at radius 2 is 1.81 bits per heavy atom. The molecule has 0 aliphatic carbocycles. The summed E-state index contributed by atoms with van der Waals surface area (Å²) in [5.41, 5.74) is 0.569. The molecule has 21 heavy (non-hydrogen) atoms. The summed E-state index contributed by atoms with van der Waals surface area (Å²) in [6, 6.07) is 4.60. The second-order valence-electron chi connectivity index (χ2n) is 4.64. The normalized spacial score (nSPS) is 10.1. The summed E-state index contributed by atoms with van der Waals surface area (Å²) in [6.07, 6.45) is -0.0776. The second kappa shape index (κ2) is 7.98. The molecular formula is C14H17FN2O4. The van der Waals surface area contributed by atoms with Crippen molar-refractivity contribution in [2.45, 2.75) is 26.3 Å². The number of hydrogen-bond acceptors (Lipinski definition) is 4. The Labute approximate surface area is 121 Å². The molecule has 3 amide bonds. The summed E-state index contributed by atoms with van der Waals surface area (Å²) < 4.78 is 17.4. The van der Waals surface area contributed by atoms with E-state index in [1.54, 1.807) is 13.8 Å². The number of amides is 3. The molecule has 0 heterocycles. The smallest absolute Gasteiger partial charge is 0.321 e. The third-order valence-corrected chi connectivity index (χ3v) is 2.30. The van der Waals surface area contributed by atoms with Gasteiger partial charge in [0.25, 0.3) is 5.91 Å². The molecule has 0 spiro atoms. The fourth-order valence-electron chi connectivity index (χ4n) is 1.43. The van der Waals surface area contributed by atoms with Gasteiger partial charge in [0.2, 0.25) is 0 Å². The van der Waals surface area contributed by atoms with Crippen LogP contribution in [0.5, 0.6) is 0 Å². The van der Waals surface area contributed by atoms with Crippen molar-refractivity contribution in [3.05, 3.63) is 35.6 Å². The summed E-state index contributed by atoms with van der Waals surface area (Å²) in [7, 11) is 0. The number of urea groups is 1. The molecule has 6 nitrogen and oxygen atoms in total. The standard InChI is InChI=1S/C14H17FN2O4/c1-9(2)16-14(20)17-12(18)8-21-13(19)7-10-3-5-11(15)6-4-10/h3-6,9H,7-8H2,1-2H3,(H2,16,17,18,20). The molecule has 0 aromatic heterocycles. The van der Waals surface area contributed by atoms with Gasteiger partial charge in [-0.15, -0.1) is 0 Å². The van der Waals surface area contributed by atoms with Crippen LogP contribution in [0.25, 0.3) is 0 Å². The molecule has 0 aliphatic rings. The van der Waals surface area contributed by atoms with Gasteiger partial charge in [-0.1, -0.05) is 12.1 Å². The molecule has 1 aromatic rings. The van der Waals surface area contributed by atoms with Crippen molar-refractivity contribution in [3.63, 3.8) is 0 Å². The molecular weight excluding hydrogens is 279 g/mol. The van der Waals surface area contributed by atoms with E-state index in [2.05, 4.69) is 5.32 Å². The highest BCUT2D eigenvalue weighted by Crippen LogP contribution is 2.04. The number of esters is 1. The maximum absolute atomic E-state index is 12.7. The van der Waals surface area contributed by atoms with Crippen molar-refractivity contribution >= 4 is 17.9 Å². The molecule has 0 fully saturated rings. The molecule has 0 unspecified atom stereocenters. The fraction of sp³-hybridized carbons (Fsp3) is 0.357. The van der Waals surface area contributed by atoms with Crippen molar-refractivity contribution in [1.82, 2.24) is 10.6 Å². The van der Waals surface area contributed by atoms with Gasteiger partial charge in [0.05, 0.1) is 6.42 Å². The topological polar surface area (TPSA) is 84.5 Å². The highest BCUT2D eigenvalue weighted by Gasteiger charge is 2.11. The van der Waals surface area contributed by atoms with Gasteiger partial charge < -0.3 is 10.1 Å². The first-order valence-corrected chi connectivity index (χ1v) is 6.37. The van der Waals surface area contributed by atoms with Crippen molar-refractivity contribution in [3.8, 4) is 0 Å². The minimum absolute atomic E-state index is 0.0776. The fourth-order valence-corrected chi connectivity index (χ4v) is 1.43. The maximum atomic E-state index is 12.7. The van der Waals surface area contributed by atoms with Crippen molar-refractivity contribution in [2.24, 2.45) is 0 Å². The molecule has 114 valence electrons. The number of nitrogens with one attached hydrogen (secondary N) is 2. The van der Waals surface area contributed by atoms with Gasteiger partial charge in [-0.05, 0) is 31.5 Å². The molecule has 0 saturated heterocycles. The van der Waals surface area contributed by atoms with Crippen LogP contribution in [0.1, 0.15) is 19.4 Å². The monoisotopic (exact) mass is 296 g/mol. The highest BCUT2D eigenvalue weighted by atomic mass is 19.1. The van der Waals surface area contributed by atoms with Crippen LogP contribution in [-0.4, -0.2) is 30.6 Å². The lowest BCUT2D eigenvalue weighted by molar-refractivity contribution is -0.147. The number of carbonyl (C=O) groups excluding carboxylic acids is 3. The third kappa shape index (κ3) is 7.05. The molecule has 0 bridgehead atoms. The van der Waals surface area contributed by atoms with Crippen LogP contribution in [0, 0.1) is 5.82 Å². The number of carbonyl (C=O) groups is 3. The SMILES string of the molecule is CC(C)NC(=O)NC(=O)COC(=O)Cc1ccc(F)cc1. The van der Waals surface area contributed by atoms with Gasteiger partial charge in [0, 0.05) is 6.04 Å². The van der Waals surface area contributed by atoms with Crippen LogP contribution in [0.4, 0.5) is 9.18 Å². The van der Waals surface area contributed by atoms with Crippen LogP contribution in [0.15, 0.2) is 24.3 Å². The van der Waals surface area contributed by atoms with Gasteiger partial charge in [0.1, 0.15) is 5.82 Å². The highest BCUT2D eigenvalue weighted by molar-refractivity contribution is 5.95. The first-order chi connectivity index (χ1) is 9.86. The van der Waals surface area contributed by atoms with Crippen LogP contribution >= 0.6 is 0 Å². The van der Waals surface area contributed by atoms with Gasteiger partial charge in [-0.2, -0.15) is 0 Å². The van der Waals surface area contributed by atoms with Gasteiger partial charge >= 0.3 is 12.0 Å². The largest absolute Gasteiger partial charge is 0.455 e. The van der Waals surface area contributed by atoms with E-state index in [0.717, 1.165) is 0 Å². The first-order valence-electron chi connectivity index (χ1n) is 6.37. The average Bonchev–Trinajstić information content (AvgIpc) is 2.38. The zero-order valence-corrected chi connectivity index (χ0v) is 11.8. The molecule has 0 atom stereocenters. The Morgan fingerprint density at radius 1 is 1.19 bits per heavy atom. The summed E-state index contributed by atoms with van der Waals surface area (Å²) in [5.74, 6) is -1.76. The predicted octanol–water partition coefficient (Wildman–Crippen LogP) is 1.15. The van der Waals surface area contributed by atoms with E-state index in [0.29, 0.717) is 5.56 Å². The zero-order chi connectivity index (χ0) is 15.8. The lowest BCUT2D eigenvalue weighted by Crippen LogP contribution is -2.44. The van der Waals surface area contributed by atoms with E-state index in [-0.39, 0.29) is 12.5 Å². The van der Waals surface area contributed by atoms with Gasteiger partial charge in [-0.3, -0.25) is 14.9 Å². The van der Waals surface area contributed by atoms with E-state index in [1.165, 1.54) is 24.3 Å². The van der Waals surface area contributed by atoms with E-state index in [1.807, 2.05) is 5.32 Å². The van der Waals surface area contributed by atoms with Gasteiger partial charge in [0.15, 0.2) is 6.61 Å². The number of ether oxygens (including phenoxy) is 1. The summed E-state index contributed by atoms with van der Waals surface area (Å²) >= 11 is 0. The first kappa shape index (κ1) is 16.6. The van der Waals surface area contributed by atoms with E-state index < -0.39 is 30.3 Å². The van der Waals surface area contributed by atoms with Crippen LogP contribution in [-0.2, 0) is 20.7 Å². The molecule has 0 saturated carbocycles. The molecule has 1 rings (SSSR count). The van der Waals surface area contributed by atoms with Crippen LogP contribution < -0.4 is 10.6 Å². The minimum atomic E-state index is -0.722. The van der Waals surface area contributed by atoms with Crippen LogP contribution in [0.3, 0.4) is 0 Å². The summed E-state index contributed by atoms with van der Waals surface area (Å²) in [4.78, 5) is 34.0. The molecule has 7 heteroatoms. The molecule has 0 radical (unpaired) electrons. The Bertz CT molecular complexity index is 514. The Kier molecular flexibility index (Phi) is 6.32. The molecule has 1 aromatic carbocycles. The average molecular weight is 296 g/mol. The number of imide groups is 1. The zero-order valence-electron chi connectivity index (χ0n) is 11.8. The molecule has 2 N–H and O–H groups in total. The lowest BCUT2D eigenvalue weighted by atomic mass is 10.1. The maximum Gasteiger partial charge on any atom is 0.321 e. The number of rotatable bonds is 5. The van der Waals surface area contributed by atoms with Gasteiger partial charge in [-0.25, -0.2) is 9.18 Å². The lowest BCUT2D eigenvalue weighted by Gasteiger charge is -2.09. The summed E-state index contributed by atoms with van der Waals surface area (Å²) in [6.45, 7) is 2.94. The molecule has 0 aliphatic heterocycles.